The second kappa shape index (κ2) is 8.30. The largest absolute Gasteiger partial charge is 0.378 e. The highest BCUT2D eigenvalue weighted by Gasteiger charge is 2.32. The van der Waals surface area contributed by atoms with Gasteiger partial charge in [-0.2, -0.15) is 0 Å². The fourth-order valence-corrected chi connectivity index (χ4v) is 4.04. The number of amides is 1. The molecule has 0 unspecified atom stereocenters. The third-order valence-corrected chi connectivity index (χ3v) is 5.58. The van der Waals surface area contributed by atoms with Gasteiger partial charge >= 0.3 is 0 Å². The first-order valence-electron chi connectivity index (χ1n) is 10.6. The number of carbonyl (C=O) groups is 1. The monoisotopic (exact) mass is 412 g/mol. The van der Waals surface area contributed by atoms with Crippen LogP contribution in [0.15, 0.2) is 24.3 Å². The summed E-state index contributed by atoms with van der Waals surface area (Å²) in [5.74, 6) is 1.47. The van der Waals surface area contributed by atoms with Crippen LogP contribution in [-0.4, -0.2) is 53.6 Å². The predicted octanol–water partition coefficient (Wildman–Crippen LogP) is 2.97. The lowest BCUT2D eigenvalue weighted by atomic mass is 9.93. The molecule has 2 aromatic rings. The maximum absolute atomic E-state index is 13.6. The topological polar surface area (TPSA) is 58.6 Å². The Morgan fingerprint density at radius 3 is 2.63 bits per heavy atom. The van der Waals surface area contributed by atoms with Crippen molar-refractivity contribution in [2.24, 2.45) is 5.41 Å². The van der Waals surface area contributed by atoms with Crippen molar-refractivity contribution in [1.29, 1.82) is 0 Å². The van der Waals surface area contributed by atoms with Crippen LogP contribution < -0.4 is 4.90 Å². The van der Waals surface area contributed by atoms with Crippen LogP contribution in [0.3, 0.4) is 0 Å². The molecule has 1 saturated heterocycles. The Kier molecular flexibility index (Phi) is 5.73. The average molecular weight is 413 g/mol. The molecule has 30 heavy (non-hydrogen) atoms. The fraction of sp³-hybridized carbons (Fsp3) is 0.522. The van der Waals surface area contributed by atoms with E-state index in [4.69, 9.17) is 14.7 Å². The molecule has 1 amide bonds. The summed E-state index contributed by atoms with van der Waals surface area (Å²) in [6.07, 6.45) is 1.18. The van der Waals surface area contributed by atoms with Crippen molar-refractivity contribution in [2.45, 2.75) is 40.2 Å². The minimum atomic E-state index is -0.422. The van der Waals surface area contributed by atoms with E-state index in [1.807, 2.05) is 31.7 Å². The summed E-state index contributed by atoms with van der Waals surface area (Å²) in [5.41, 5.74) is 2.46. The lowest BCUT2D eigenvalue weighted by Crippen LogP contribution is -2.44. The maximum atomic E-state index is 13.6. The van der Waals surface area contributed by atoms with Crippen molar-refractivity contribution in [2.75, 3.05) is 37.7 Å². The Labute approximate surface area is 177 Å². The Balaban J connectivity index is 1.69. The van der Waals surface area contributed by atoms with Gasteiger partial charge in [-0.1, -0.05) is 32.9 Å². The van der Waals surface area contributed by atoms with Gasteiger partial charge in [0.1, 0.15) is 17.5 Å². The summed E-state index contributed by atoms with van der Waals surface area (Å²) in [6, 6.07) is 6.57. The van der Waals surface area contributed by atoms with E-state index in [0.29, 0.717) is 45.0 Å². The second-order valence-electron chi connectivity index (χ2n) is 9.02. The van der Waals surface area contributed by atoms with Crippen molar-refractivity contribution < 1.29 is 13.9 Å². The Hall–Kier alpha value is -2.54. The van der Waals surface area contributed by atoms with E-state index in [1.165, 1.54) is 12.1 Å². The van der Waals surface area contributed by atoms with Crippen LogP contribution in [0.2, 0.25) is 0 Å². The molecule has 0 aliphatic carbocycles. The number of anilines is 1. The molecule has 1 aromatic carbocycles. The summed E-state index contributed by atoms with van der Waals surface area (Å²) in [5, 5.41) is 0. The van der Waals surface area contributed by atoms with Crippen molar-refractivity contribution >= 4 is 11.7 Å². The molecule has 0 bridgehead atoms. The van der Waals surface area contributed by atoms with E-state index in [-0.39, 0.29) is 11.7 Å². The zero-order valence-corrected chi connectivity index (χ0v) is 17.9. The first-order chi connectivity index (χ1) is 14.3. The minimum absolute atomic E-state index is 0.143. The smallest absolute Gasteiger partial charge is 0.228 e. The van der Waals surface area contributed by atoms with E-state index < -0.39 is 5.41 Å². The normalized spacial score (nSPS) is 17.1. The molecule has 1 aromatic heterocycles. The molecule has 2 aliphatic rings. The molecule has 7 heteroatoms. The van der Waals surface area contributed by atoms with Crippen LogP contribution in [0, 0.1) is 11.2 Å². The highest BCUT2D eigenvalue weighted by Crippen LogP contribution is 2.30. The number of benzene rings is 1. The summed E-state index contributed by atoms with van der Waals surface area (Å²) in [6.45, 7) is 9.86. The Morgan fingerprint density at radius 2 is 1.93 bits per heavy atom. The van der Waals surface area contributed by atoms with Gasteiger partial charge < -0.3 is 14.5 Å². The first-order valence-corrected chi connectivity index (χ1v) is 10.6. The molecular weight excluding hydrogens is 383 g/mol. The van der Waals surface area contributed by atoms with Crippen LogP contribution in [-0.2, 0) is 28.9 Å². The van der Waals surface area contributed by atoms with Crippen molar-refractivity contribution in [1.82, 2.24) is 14.9 Å². The molecule has 2 aliphatic heterocycles. The maximum Gasteiger partial charge on any atom is 0.228 e. The third-order valence-electron chi connectivity index (χ3n) is 5.58. The molecule has 160 valence electrons. The van der Waals surface area contributed by atoms with E-state index in [9.17, 15) is 9.18 Å². The number of nitrogens with zero attached hydrogens (tertiary/aromatic N) is 4. The number of hydrogen-bond donors (Lipinski definition) is 0. The lowest BCUT2D eigenvalue weighted by Gasteiger charge is -2.36. The molecule has 0 N–H and O–H groups in total. The quantitative estimate of drug-likeness (QED) is 0.776. The van der Waals surface area contributed by atoms with Crippen LogP contribution in [0.25, 0.3) is 0 Å². The predicted molar refractivity (Wildman–Crippen MR) is 113 cm³/mol. The highest BCUT2D eigenvalue weighted by molar-refractivity contribution is 5.82. The van der Waals surface area contributed by atoms with Gasteiger partial charge in [0.2, 0.25) is 5.91 Å². The number of aromatic nitrogens is 2. The molecule has 0 saturated carbocycles. The highest BCUT2D eigenvalue weighted by atomic mass is 19.1. The molecule has 0 radical (unpaired) electrons. The molecule has 0 spiro atoms. The van der Waals surface area contributed by atoms with Crippen LogP contribution in [0.4, 0.5) is 10.2 Å². The molecule has 6 nitrogen and oxygen atoms in total. The summed E-state index contributed by atoms with van der Waals surface area (Å²) >= 11 is 0. The number of halogens is 1. The van der Waals surface area contributed by atoms with Crippen molar-refractivity contribution in [3.05, 3.63) is 52.7 Å². The zero-order valence-electron chi connectivity index (χ0n) is 17.9. The van der Waals surface area contributed by atoms with Gasteiger partial charge in [-0.05, 0) is 17.7 Å². The molecular formula is C23H29FN4O2. The Morgan fingerprint density at radius 1 is 1.17 bits per heavy atom. The van der Waals surface area contributed by atoms with E-state index in [2.05, 4.69) is 4.90 Å². The average Bonchev–Trinajstić information content (AvgIpc) is 2.72. The van der Waals surface area contributed by atoms with Crippen LogP contribution >= 0.6 is 0 Å². The SMILES string of the molecule is CC(C)(C)C(=O)N1CCc2nc(Cc3cccc(F)c3)nc(N3CCOCC3)c2C1. The first kappa shape index (κ1) is 20.7. The number of ether oxygens (including phenoxy) is 1. The molecule has 1 fully saturated rings. The lowest BCUT2D eigenvalue weighted by molar-refractivity contribution is -0.140. The fourth-order valence-electron chi connectivity index (χ4n) is 4.04. The van der Waals surface area contributed by atoms with Crippen LogP contribution in [0.5, 0.6) is 0 Å². The Bertz CT molecular complexity index is 935. The standard InChI is InChI=1S/C23H29FN4O2/c1-23(2,3)22(29)28-8-7-19-18(15-28)21(27-9-11-30-12-10-27)26-20(25-19)14-16-5-4-6-17(24)13-16/h4-6,13H,7-12,14-15H2,1-3H3. The summed E-state index contributed by atoms with van der Waals surface area (Å²) in [7, 11) is 0. The van der Waals surface area contributed by atoms with E-state index >= 15 is 0 Å². The van der Waals surface area contributed by atoms with Crippen molar-refractivity contribution in [3.8, 4) is 0 Å². The zero-order chi connectivity index (χ0) is 21.3. The van der Waals surface area contributed by atoms with E-state index in [0.717, 1.165) is 35.7 Å². The van der Waals surface area contributed by atoms with Crippen molar-refractivity contribution in [3.63, 3.8) is 0 Å². The van der Waals surface area contributed by atoms with Gasteiger partial charge in [0.15, 0.2) is 0 Å². The third kappa shape index (κ3) is 4.46. The number of morpholine rings is 1. The van der Waals surface area contributed by atoms with Gasteiger partial charge in [-0.25, -0.2) is 14.4 Å². The number of fused-ring (bicyclic) bond motifs is 1. The number of rotatable bonds is 3. The summed E-state index contributed by atoms with van der Waals surface area (Å²) < 4.78 is 19.1. The number of hydrogen-bond acceptors (Lipinski definition) is 5. The van der Waals surface area contributed by atoms with E-state index in [1.54, 1.807) is 6.07 Å². The number of carbonyl (C=O) groups excluding carboxylic acids is 1. The molecule has 3 heterocycles. The molecule has 4 rings (SSSR count). The van der Waals surface area contributed by atoms with Gasteiger partial charge in [-0.3, -0.25) is 4.79 Å². The second-order valence-corrected chi connectivity index (χ2v) is 9.02. The minimum Gasteiger partial charge on any atom is -0.378 e. The van der Waals surface area contributed by atoms with Gasteiger partial charge in [0, 0.05) is 43.5 Å². The molecule has 0 atom stereocenters. The van der Waals surface area contributed by atoms with Gasteiger partial charge in [0.05, 0.1) is 25.5 Å². The van der Waals surface area contributed by atoms with Gasteiger partial charge in [-0.15, -0.1) is 0 Å². The van der Waals surface area contributed by atoms with Gasteiger partial charge in [0.25, 0.3) is 0 Å². The van der Waals surface area contributed by atoms with Crippen LogP contribution in [0.1, 0.15) is 43.4 Å². The summed E-state index contributed by atoms with van der Waals surface area (Å²) in [4.78, 5) is 26.7.